The number of carboxylic acids is 1. The molecule has 3 aromatic rings. The number of halogens is 1. The van der Waals surface area contributed by atoms with Crippen LogP contribution in [0.1, 0.15) is 55.8 Å². The number of nitrogens with one attached hydrogen (secondary N) is 1. The van der Waals surface area contributed by atoms with Gasteiger partial charge in [0.25, 0.3) is 5.91 Å². The van der Waals surface area contributed by atoms with Gasteiger partial charge in [-0.05, 0) is 48.4 Å². The number of nitrogens with zero attached hydrogens (tertiary/aromatic N) is 2. The van der Waals surface area contributed by atoms with E-state index in [1.54, 1.807) is 30.3 Å². The van der Waals surface area contributed by atoms with Gasteiger partial charge in [-0.15, -0.1) is 0 Å². The number of aliphatic hydroxyl groups is 2. The van der Waals surface area contributed by atoms with E-state index in [0.717, 1.165) is 0 Å². The fourth-order valence-corrected chi connectivity index (χ4v) is 3.68. The summed E-state index contributed by atoms with van der Waals surface area (Å²) >= 11 is 0. The first-order valence-electron chi connectivity index (χ1n) is 11.2. The number of anilines is 1. The minimum absolute atomic E-state index is 0. The molecule has 1 amide bonds. The molecule has 0 saturated carbocycles. The molecule has 10 heteroatoms. The van der Waals surface area contributed by atoms with Gasteiger partial charge in [-0.2, -0.15) is 5.10 Å². The third-order valence-electron chi connectivity index (χ3n) is 5.25. The molecule has 0 radical (unpaired) electrons. The number of rotatable bonds is 10. The van der Waals surface area contributed by atoms with Crippen LogP contribution in [0.2, 0.25) is 0 Å². The van der Waals surface area contributed by atoms with Gasteiger partial charge in [0.15, 0.2) is 5.69 Å². The number of aliphatic hydroxyl groups excluding tert-OH is 2. The Morgan fingerprint density at radius 1 is 1.11 bits per heavy atom. The van der Waals surface area contributed by atoms with E-state index in [-0.39, 0.29) is 49.0 Å². The predicted octanol–water partition coefficient (Wildman–Crippen LogP) is 1.10. The molecule has 0 aliphatic rings. The number of aliphatic carboxylic acids is 1. The second-order valence-electron chi connectivity index (χ2n) is 8.42. The Labute approximate surface area is 232 Å². The fraction of sp³-hybridized carbons (Fsp3) is 0.269. The van der Waals surface area contributed by atoms with Gasteiger partial charge < -0.3 is 22.1 Å². The van der Waals surface area contributed by atoms with Crippen LogP contribution >= 0.6 is 0 Å². The molecule has 0 spiro atoms. The Bertz CT molecular complexity index is 1200. The molecule has 4 N–H and O–H groups in total. The van der Waals surface area contributed by atoms with Crippen molar-refractivity contribution in [1.29, 1.82) is 0 Å². The van der Waals surface area contributed by atoms with Crippen molar-refractivity contribution in [3.63, 3.8) is 0 Å². The van der Waals surface area contributed by atoms with Gasteiger partial charge in [0.2, 0.25) is 0 Å². The van der Waals surface area contributed by atoms with Crippen LogP contribution in [0.15, 0.2) is 60.7 Å². The molecule has 2 aromatic carbocycles. The first-order chi connectivity index (χ1) is 16.7. The average Bonchev–Trinajstić information content (AvgIpc) is 3.18. The van der Waals surface area contributed by atoms with Crippen LogP contribution in [0, 0.1) is 5.82 Å². The van der Waals surface area contributed by atoms with Crippen LogP contribution in [-0.4, -0.2) is 49.2 Å². The summed E-state index contributed by atoms with van der Waals surface area (Å²) in [5.41, 5.74) is 2.39. The number of aromatic nitrogens is 2. The third-order valence-corrected chi connectivity index (χ3v) is 5.25. The van der Waals surface area contributed by atoms with Gasteiger partial charge in [0.1, 0.15) is 5.82 Å². The van der Waals surface area contributed by atoms with Crippen molar-refractivity contribution < 1.29 is 60.3 Å². The van der Waals surface area contributed by atoms with Gasteiger partial charge in [0.05, 0.1) is 30.0 Å². The molecule has 0 aliphatic heterocycles. The molecule has 186 valence electrons. The fourth-order valence-electron chi connectivity index (χ4n) is 3.68. The third kappa shape index (κ3) is 7.84. The number of carbonyl (C=O) groups is 2. The van der Waals surface area contributed by atoms with Crippen molar-refractivity contribution in [2.45, 2.75) is 44.8 Å². The van der Waals surface area contributed by atoms with Crippen molar-refractivity contribution in [2.75, 3.05) is 5.32 Å². The molecule has 1 aromatic heterocycles. The van der Waals surface area contributed by atoms with Crippen molar-refractivity contribution in [3.8, 4) is 5.69 Å². The minimum atomic E-state index is -1.22. The Hall–Kier alpha value is -2.82. The van der Waals surface area contributed by atoms with Crippen molar-refractivity contribution in [1.82, 2.24) is 9.78 Å². The number of hydrogen-bond donors (Lipinski definition) is 4. The van der Waals surface area contributed by atoms with E-state index in [4.69, 9.17) is 5.11 Å². The number of hydrogen-bond acceptors (Lipinski definition) is 5. The number of amides is 1. The van der Waals surface area contributed by atoms with Gasteiger partial charge in [-0.3, -0.25) is 9.59 Å². The van der Waals surface area contributed by atoms with Crippen LogP contribution in [-0.2, 0) is 4.79 Å². The molecule has 3 rings (SSSR count). The van der Waals surface area contributed by atoms with Gasteiger partial charge in [-0.25, -0.2) is 9.07 Å². The number of carboxylic acid groups (broad SMARTS) is 1. The van der Waals surface area contributed by atoms with E-state index in [9.17, 15) is 24.2 Å². The summed E-state index contributed by atoms with van der Waals surface area (Å²) in [6.45, 7) is 3.80. The minimum Gasteiger partial charge on any atom is -1.00 e. The molecule has 8 nitrogen and oxygen atoms in total. The van der Waals surface area contributed by atoms with Crippen molar-refractivity contribution >= 4 is 23.6 Å². The van der Waals surface area contributed by atoms with Crippen molar-refractivity contribution in [2.24, 2.45) is 0 Å². The van der Waals surface area contributed by atoms with E-state index in [0.29, 0.717) is 22.6 Å². The maximum Gasteiger partial charge on any atom is 1.00 e. The Balaban J connectivity index is 0.00000342. The van der Waals surface area contributed by atoms with Gasteiger partial charge in [0, 0.05) is 17.7 Å². The standard InChI is InChI=1S/C26H28FN3O5.Na.H/c1-16(2)24-22(13-12-20(31)14-21(32)15-23(33)34)30(19-10-8-17(27)9-11-19)29-25(24)26(35)28-18-6-4-3-5-7-18;;/h3-13,16,20-21,31-32H,14-15H2,1-2H3,(H,28,35)(H,33,34);;/q;+1;-1/t20-,21+;;/m0../s1. The molecule has 1 heterocycles. The van der Waals surface area contributed by atoms with Gasteiger partial charge in [-0.1, -0.05) is 38.1 Å². The zero-order valence-corrected chi connectivity index (χ0v) is 22.4. The average molecular weight is 506 g/mol. The van der Waals surface area contributed by atoms with E-state index >= 15 is 0 Å². The molecule has 0 bridgehead atoms. The molecule has 2 atom stereocenters. The zero-order valence-electron chi connectivity index (χ0n) is 21.4. The maximum atomic E-state index is 13.5. The largest absolute Gasteiger partial charge is 1.00 e. The summed E-state index contributed by atoms with van der Waals surface area (Å²) in [5, 5.41) is 36.3. The number of benzene rings is 2. The summed E-state index contributed by atoms with van der Waals surface area (Å²) in [6, 6.07) is 14.5. The predicted molar refractivity (Wildman–Crippen MR) is 131 cm³/mol. The SMILES string of the molecule is CC(C)c1c(C(=O)Nc2ccccc2)nn(-c2ccc(F)cc2)c1C=C[C@H](O)C[C@@H](O)CC(=O)O.[H-].[Na+]. The molecule has 36 heavy (non-hydrogen) atoms. The maximum absolute atomic E-state index is 13.5. The normalized spacial score (nSPS) is 12.8. The van der Waals surface area contributed by atoms with Crippen LogP contribution in [0.5, 0.6) is 0 Å². The van der Waals surface area contributed by atoms with E-state index in [2.05, 4.69) is 10.4 Å². The molecular formula is C26H29FN3NaO5. The Morgan fingerprint density at radius 3 is 2.33 bits per heavy atom. The van der Waals surface area contributed by atoms with Gasteiger partial charge >= 0.3 is 35.5 Å². The molecule has 0 saturated heterocycles. The molecular weight excluding hydrogens is 476 g/mol. The van der Waals surface area contributed by atoms with Crippen LogP contribution in [0.25, 0.3) is 11.8 Å². The second-order valence-corrected chi connectivity index (χ2v) is 8.42. The van der Waals surface area contributed by atoms with Crippen LogP contribution in [0.4, 0.5) is 10.1 Å². The quantitative estimate of drug-likeness (QED) is 0.306. The first kappa shape index (κ1) is 29.4. The summed E-state index contributed by atoms with van der Waals surface area (Å²) in [6.07, 6.45) is -0.0325. The molecule has 0 fully saturated rings. The summed E-state index contributed by atoms with van der Waals surface area (Å²) in [7, 11) is 0. The first-order valence-corrected chi connectivity index (χ1v) is 11.2. The zero-order chi connectivity index (χ0) is 25.5. The molecule has 0 unspecified atom stereocenters. The number of carbonyl (C=O) groups excluding carboxylic acids is 1. The summed E-state index contributed by atoms with van der Waals surface area (Å²) in [4.78, 5) is 23.9. The topological polar surface area (TPSA) is 125 Å². The summed E-state index contributed by atoms with van der Waals surface area (Å²) < 4.78 is 15.0. The summed E-state index contributed by atoms with van der Waals surface area (Å²) in [5.74, 6) is -2.16. The number of para-hydroxylation sites is 1. The van der Waals surface area contributed by atoms with Crippen LogP contribution < -0.4 is 34.9 Å². The monoisotopic (exact) mass is 505 g/mol. The van der Waals surface area contributed by atoms with Crippen molar-refractivity contribution in [3.05, 3.63) is 83.4 Å². The Morgan fingerprint density at radius 2 is 1.75 bits per heavy atom. The van der Waals surface area contributed by atoms with E-state index in [1.807, 2.05) is 19.9 Å². The second kappa shape index (κ2) is 13.5. The molecule has 0 aliphatic carbocycles. The Kier molecular flexibility index (Phi) is 11.0. The van der Waals surface area contributed by atoms with E-state index < -0.39 is 36.3 Å². The van der Waals surface area contributed by atoms with Crippen LogP contribution in [0.3, 0.4) is 0 Å². The smallest absolute Gasteiger partial charge is 1.00 e. The van der Waals surface area contributed by atoms with E-state index in [1.165, 1.54) is 35.0 Å².